The predicted octanol–water partition coefficient (Wildman–Crippen LogP) is -0.0326. The van der Waals surface area contributed by atoms with Crippen LogP contribution < -0.4 is 10.6 Å². The van der Waals surface area contributed by atoms with Crippen molar-refractivity contribution in [1.29, 1.82) is 0 Å². The van der Waals surface area contributed by atoms with Gasteiger partial charge in [0.05, 0.1) is 35.8 Å². The molecule has 3 rings (SSSR count). The van der Waals surface area contributed by atoms with E-state index in [4.69, 9.17) is 9.15 Å². The number of nitro groups is 1. The molecule has 1 fully saturated rings. The molecule has 160 valence electrons. The van der Waals surface area contributed by atoms with E-state index in [2.05, 4.69) is 10.6 Å². The van der Waals surface area contributed by atoms with Crippen LogP contribution >= 0.6 is 0 Å². The molecule has 13 heteroatoms. The van der Waals surface area contributed by atoms with Crippen molar-refractivity contribution in [2.45, 2.75) is 17.7 Å². The highest BCUT2D eigenvalue weighted by Gasteiger charge is 2.36. The molecular formula is C17H18N4O8S. The number of benzene rings is 1. The Hall–Kier alpha value is -3.29. The summed E-state index contributed by atoms with van der Waals surface area (Å²) in [5, 5.41) is 15.4. The SMILES string of the molecule is O=C(NCc1ccco1)C(=O)NCC1OCCN1S(=O)(=O)c1ccc([N+](=O)[O-])cc1. The number of hydrogen-bond acceptors (Lipinski definition) is 8. The van der Waals surface area contributed by atoms with E-state index in [0.717, 1.165) is 28.6 Å². The second-order valence-corrected chi connectivity index (χ2v) is 8.05. The fourth-order valence-electron chi connectivity index (χ4n) is 2.74. The van der Waals surface area contributed by atoms with Gasteiger partial charge in [-0.05, 0) is 24.3 Å². The van der Waals surface area contributed by atoms with Crippen molar-refractivity contribution in [2.75, 3.05) is 19.7 Å². The first-order chi connectivity index (χ1) is 14.3. The number of hydrogen-bond donors (Lipinski definition) is 2. The third-order valence-corrected chi connectivity index (χ3v) is 6.15. The standard InChI is InChI=1S/C17H18N4O8S/c22-16(18-10-13-2-1-8-28-13)17(23)19-11-15-20(7-9-29-15)30(26,27)14-5-3-12(4-6-14)21(24)25/h1-6,8,15H,7,9-11H2,(H,18,22)(H,19,23). The molecule has 1 atom stereocenters. The normalized spacial score (nSPS) is 16.9. The van der Waals surface area contributed by atoms with Crippen LogP contribution in [0.15, 0.2) is 52.0 Å². The Bertz CT molecular complexity index is 1020. The van der Waals surface area contributed by atoms with Crippen LogP contribution in [-0.4, -0.2) is 55.4 Å². The Labute approximate surface area is 171 Å². The van der Waals surface area contributed by atoms with E-state index in [-0.39, 0.29) is 36.8 Å². The minimum absolute atomic E-state index is 0.0276. The largest absolute Gasteiger partial charge is 0.467 e. The third kappa shape index (κ3) is 4.82. The monoisotopic (exact) mass is 438 g/mol. The van der Waals surface area contributed by atoms with Gasteiger partial charge in [0.2, 0.25) is 10.0 Å². The molecule has 2 aromatic rings. The van der Waals surface area contributed by atoms with Crippen molar-refractivity contribution < 1.29 is 32.1 Å². The van der Waals surface area contributed by atoms with E-state index < -0.39 is 33.0 Å². The third-order valence-electron chi connectivity index (χ3n) is 4.24. The minimum atomic E-state index is -4.02. The summed E-state index contributed by atoms with van der Waals surface area (Å²) in [7, 11) is -4.02. The lowest BCUT2D eigenvalue weighted by molar-refractivity contribution is -0.384. The van der Waals surface area contributed by atoms with Gasteiger partial charge in [-0.25, -0.2) is 8.42 Å². The molecule has 0 radical (unpaired) electrons. The second-order valence-electron chi connectivity index (χ2n) is 6.16. The van der Waals surface area contributed by atoms with Gasteiger partial charge in [0.25, 0.3) is 5.69 Å². The maximum Gasteiger partial charge on any atom is 0.309 e. The number of nitrogens with zero attached hydrogens (tertiary/aromatic N) is 2. The second kappa shape index (κ2) is 9.02. The fraction of sp³-hybridized carbons (Fsp3) is 0.294. The number of nitrogens with one attached hydrogen (secondary N) is 2. The molecule has 1 aliphatic rings. The van der Waals surface area contributed by atoms with Crippen LogP contribution in [0.25, 0.3) is 0 Å². The lowest BCUT2D eigenvalue weighted by atomic mass is 10.3. The van der Waals surface area contributed by atoms with Gasteiger partial charge >= 0.3 is 11.8 Å². The Morgan fingerprint density at radius 1 is 1.17 bits per heavy atom. The predicted molar refractivity (Wildman–Crippen MR) is 100 cm³/mol. The van der Waals surface area contributed by atoms with E-state index in [9.17, 15) is 28.1 Å². The molecule has 30 heavy (non-hydrogen) atoms. The van der Waals surface area contributed by atoms with Gasteiger partial charge < -0.3 is 19.8 Å². The Morgan fingerprint density at radius 2 is 1.87 bits per heavy atom. The molecule has 0 bridgehead atoms. The summed E-state index contributed by atoms with van der Waals surface area (Å²) in [6, 6.07) is 7.70. The molecule has 2 heterocycles. The summed E-state index contributed by atoms with van der Waals surface area (Å²) in [6.45, 7) is -0.0962. The highest BCUT2D eigenvalue weighted by Crippen LogP contribution is 2.24. The number of carbonyl (C=O) groups excluding carboxylic acids is 2. The maximum absolute atomic E-state index is 12.8. The van der Waals surface area contributed by atoms with E-state index >= 15 is 0 Å². The number of sulfonamides is 1. The smallest absolute Gasteiger partial charge is 0.309 e. The van der Waals surface area contributed by atoms with Crippen molar-refractivity contribution >= 4 is 27.5 Å². The number of furan rings is 1. The highest BCUT2D eigenvalue weighted by molar-refractivity contribution is 7.89. The molecule has 12 nitrogen and oxygen atoms in total. The first-order valence-corrected chi connectivity index (χ1v) is 10.2. The summed E-state index contributed by atoms with van der Waals surface area (Å²) in [5.41, 5.74) is -0.240. The first kappa shape index (κ1) is 21.4. The fourth-order valence-corrected chi connectivity index (χ4v) is 4.25. The number of ether oxygens (including phenoxy) is 1. The zero-order chi connectivity index (χ0) is 21.7. The summed E-state index contributed by atoms with van der Waals surface area (Å²) in [5.74, 6) is -1.39. The van der Waals surface area contributed by atoms with Gasteiger partial charge in [-0.3, -0.25) is 19.7 Å². The zero-order valence-electron chi connectivity index (χ0n) is 15.5. The molecular weight excluding hydrogens is 420 g/mol. The molecule has 0 spiro atoms. The number of rotatable bonds is 7. The molecule has 2 amide bonds. The Morgan fingerprint density at radius 3 is 2.50 bits per heavy atom. The van der Waals surface area contributed by atoms with Crippen molar-refractivity contribution in [1.82, 2.24) is 14.9 Å². The van der Waals surface area contributed by atoms with Gasteiger partial charge in [-0.2, -0.15) is 4.31 Å². The van der Waals surface area contributed by atoms with Crippen molar-refractivity contribution in [3.63, 3.8) is 0 Å². The molecule has 1 unspecified atom stereocenters. The molecule has 2 N–H and O–H groups in total. The highest BCUT2D eigenvalue weighted by atomic mass is 32.2. The zero-order valence-corrected chi connectivity index (χ0v) is 16.3. The van der Waals surface area contributed by atoms with Crippen molar-refractivity contribution in [3.05, 3.63) is 58.5 Å². The molecule has 1 aromatic carbocycles. The van der Waals surface area contributed by atoms with Crippen LogP contribution in [0.3, 0.4) is 0 Å². The molecule has 1 saturated heterocycles. The summed E-state index contributed by atoms with van der Waals surface area (Å²) in [4.78, 5) is 33.7. The van der Waals surface area contributed by atoms with Crippen LogP contribution in [0.1, 0.15) is 5.76 Å². The number of carbonyl (C=O) groups is 2. The van der Waals surface area contributed by atoms with Crippen LogP contribution in [0.2, 0.25) is 0 Å². The van der Waals surface area contributed by atoms with Crippen molar-refractivity contribution in [3.8, 4) is 0 Å². The summed E-state index contributed by atoms with van der Waals surface area (Å²) >= 11 is 0. The lowest BCUT2D eigenvalue weighted by Crippen LogP contribution is -2.47. The lowest BCUT2D eigenvalue weighted by Gasteiger charge is -2.22. The minimum Gasteiger partial charge on any atom is -0.467 e. The van der Waals surface area contributed by atoms with E-state index in [1.165, 1.54) is 6.26 Å². The molecule has 0 aliphatic carbocycles. The molecule has 0 saturated carbocycles. The van der Waals surface area contributed by atoms with Gasteiger partial charge in [0.1, 0.15) is 12.0 Å². The van der Waals surface area contributed by atoms with E-state index in [1.807, 2.05) is 0 Å². The van der Waals surface area contributed by atoms with E-state index in [0.29, 0.717) is 5.76 Å². The Kier molecular flexibility index (Phi) is 6.44. The topological polar surface area (TPSA) is 161 Å². The summed E-state index contributed by atoms with van der Waals surface area (Å²) < 4.78 is 37.1. The molecule has 1 aromatic heterocycles. The van der Waals surface area contributed by atoms with Gasteiger partial charge in [0.15, 0.2) is 0 Å². The van der Waals surface area contributed by atoms with Crippen LogP contribution in [0.5, 0.6) is 0 Å². The number of amides is 2. The van der Waals surface area contributed by atoms with Crippen LogP contribution in [0.4, 0.5) is 5.69 Å². The Balaban J connectivity index is 1.58. The number of non-ortho nitro benzene ring substituents is 1. The number of nitro benzene ring substituents is 1. The van der Waals surface area contributed by atoms with Gasteiger partial charge in [-0.15, -0.1) is 0 Å². The summed E-state index contributed by atoms with van der Waals surface area (Å²) in [6.07, 6.45) is 0.408. The van der Waals surface area contributed by atoms with Gasteiger partial charge in [0, 0.05) is 18.7 Å². The average molecular weight is 438 g/mol. The van der Waals surface area contributed by atoms with Crippen molar-refractivity contribution in [2.24, 2.45) is 0 Å². The molecule has 1 aliphatic heterocycles. The van der Waals surface area contributed by atoms with Gasteiger partial charge in [-0.1, -0.05) is 0 Å². The van der Waals surface area contributed by atoms with Crippen LogP contribution in [-0.2, 0) is 30.9 Å². The van der Waals surface area contributed by atoms with E-state index in [1.54, 1.807) is 12.1 Å². The quantitative estimate of drug-likeness (QED) is 0.346. The van der Waals surface area contributed by atoms with Crippen LogP contribution in [0, 0.1) is 10.1 Å². The maximum atomic E-state index is 12.8. The average Bonchev–Trinajstić information content (AvgIpc) is 3.42. The first-order valence-electron chi connectivity index (χ1n) is 8.75.